The molecule has 0 unspecified atom stereocenters. The fourth-order valence-corrected chi connectivity index (χ4v) is 3.21. The number of aromatic nitrogens is 2. The Labute approximate surface area is 125 Å². The lowest BCUT2D eigenvalue weighted by Crippen LogP contribution is -2.29. The number of fused-ring (bicyclic) bond motifs is 1. The van der Waals surface area contributed by atoms with Gasteiger partial charge < -0.3 is 5.32 Å². The van der Waals surface area contributed by atoms with Crippen LogP contribution in [0.4, 0.5) is 0 Å². The largest absolute Gasteiger partial charge is 0.344 e. The molecule has 1 atom stereocenters. The number of carbonyl (C=O) groups is 1. The minimum atomic E-state index is -0.102. The van der Waals surface area contributed by atoms with Crippen molar-refractivity contribution in [2.24, 2.45) is 0 Å². The molecule has 2 N–H and O–H groups in total. The Kier molecular flexibility index (Phi) is 3.12. The van der Waals surface area contributed by atoms with Crippen molar-refractivity contribution < 1.29 is 4.79 Å². The van der Waals surface area contributed by atoms with Gasteiger partial charge in [-0.2, -0.15) is 5.10 Å². The minimum absolute atomic E-state index is 0.0557. The molecule has 2 aromatic rings. The molecule has 110 valence electrons. The van der Waals surface area contributed by atoms with Crippen molar-refractivity contribution in [2.75, 3.05) is 0 Å². The molecule has 1 aliphatic rings. The van der Waals surface area contributed by atoms with Crippen LogP contribution in [0.5, 0.6) is 0 Å². The lowest BCUT2D eigenvalue weighted by molar-refractivity contribution is 0.0928. The maximum Gasteiger partial charge on any atom is 0.272 e. The summed E-state index contributed by atoms with van der Waals surface area (Å²) < 4.78 is 0. The van der Waals surface area contributed by atoms with Crippen molar-refractivity contribution in [3.8, 4) is 0 Å². The zero-order valence-electron chi connectivity index (χ0n) is 12.9. The molecule has 0 fully saturated rings. The first-order chi connectivity index (χ1) is 9.90. The van der Waals surface area contributed by atoms with Gasteiger partial charge >= 0.3 is 0 Å². The number of carbonyl (C=O) groups excluding carboxylic acids is 1. The zero-order valence-corrected chi connectivity index (χ0v) is 12.9. The molecule has 1 aromatic carbocycles. The van der Waals surface area contributed by atoms with E-state index in [1.165, 1.54) is 11.1 Å². The quantitative estimate of drug-likeness (QED) is 0.889. The van der Waals surface area contributed by atoms with Gasteiger partial charge in [0, 0.05) is 11.3 Å². The number of hydrogen-bond acceptors (Lipinski definition) is 2. The summed E-state index contributed by atoms with van der Waals surface area (Å²) in [6.07, 6.45) is 0.917. The fraction of sp³-hybridized carbons (Fsp3) is 0.412. The Morgan fingerprint density at radius 1 is 1.33 bits per heavy atom. The van der Waals surface area contributed by atoms with E-state index in [2.05, 4.69) is 47.6 Å². The molecule has 0 bridgehead atoms. The molecular weight excluding hydrogens is 262 g/mol. The summed E-state index contributed by atoms with van der Waals surface area (Å²) >= 11 is 0. The van der Waals surface area contributed by atoms with Crippen molar-refractivity contribution in [3.63, 3.8) is 0 Å². The maximum atomic E-state index is 12.5. The highest BCUT2D eigenvalue weighted by Gasteiger charge is 2.37. The third-order valence-corrected chi connectivity index (χ3v) is 4.55. The summed E-state index contributed by atoms with van der Waals surface area (Å²) in [4.78, 5) is 12.5. The maximum absolute atomic E-state index is 12.5. The number of nitrogens with one attached hydrogen (secondary N) is 2. The molecule has 1 heterocycles. The second kappa shape index (κ2) is 4.72. The minimum Gasteiger partial charge on any atom is -0.344 e. The van der Waals surface area contributed by atoms with E-state index in [1.807, 2.05) is 19.9 Å². The number of benzene rings is 1. The molecular formula is C17H21N3O. The first kappa shape index (κ1) is 13.9. The van der Waals surface area contributed by atoms with Crippen LogP contribution in [0, 0.1) is 13.8 Å². The Bertz CT molecular complexity index is 700. The molecule has 1 aliphatic carbocycles. The van der Waals surface area contributed by atoms with Crippen LogP contribution in [0.15, 0.2) is 24.3 Å². The van der Waals surface area contributed by atoms with Gasteiger partial charge in [0.2, 0.25) is 0 Å². The third-order valence-electron chi connectivity index (χ3n) is 4.55. The van der Waals surface area contributed by atoms with E-state index >= 15 is 0 Å². The highest BCUT2D eigenvalue weighted by atomic mass is 16.2. The van der Waals surface area contributed by atoms with Crippen LogP contribution in [0.3, 0.4) is 0 Å². The highest BCUT2D eigenvalue weighted by molar-refractivity contribution is 5.94. The summed E-state index contributed by atoms with van der Waals surface area (Å²) in [7, 11) is 0. The van der Waals surface area contributed by atoms with E-state index in [0.717, 1.165) is 17.7 Å². The molecule has 1 amide bonds. The van der Waals surface area contributed by atoms with Gasteiger partial charge in [0.1, 0.15) is 0 Å². The molecule has 0 spiro atoms. The molecule has 0 saturated heterocycles. The monoisotopic (exact) mass is 283 g/mol. The number of amides is 1. The zero-order chi connectivity index (χ0) is 15.2. The predicted octanol–water partition coefficient (Wildman–Crippen LogP) is 3.18. The standard InChI is InChI=1S/C17H21N3O/c1-10-11(2)19-20-15(10)16(21)18-14-9-17(3,4)13-8-6-5-7-12(13)14/h5-8,14H,9H2,1-4H3,(H,18,21)(H,19,20)/t14-/m0/s1. The molecule has 3 rings (SSSR count). The van der Waals surface area contributed by atoms with Crippen LogP contribution in [-0.2, 0) is 5.41 Å². The average Bonchev–Trinajstić information content (AvgIpc) is 2.90. The van der Waals surface area contributed by atoms with E-state index in [4.69, 9.17) is 0 Å². The molecule has 4 heteroatoms. The predicted molar refractivity (Wildman–Crippen MR) is 82.4 cm³/mol. The Balaban J connectivity index is 1.87. The van der Waals surface area contributed by atoms with Gasteiger partial charge in [0.15, 0.2) is 5.69 Å². The topological polar surface area (TPSA) is 57.8 Å². The highest BCUT2D eigenvalue weighted by Crippen LogP contribution is 2.44. The third kappa shape index (κ3) is 2.24. The fourth-order valence-electron chi connectivity index (χ4n) is 3.21. The molecule has 4 nitrogen and oxygen atoms in total. The SMILES string of the molecule is Cc1[nH]nc(C(=O)N[C@H]2CC(C)(C)c3ccccc32)c1C. The van der Waals surface area contributed by atoms with Crippen molar-refractivity contribution in [3.05, 3.63) is 52.3 Å². The van der Waals surface area contributed by atoms with Crippen LogP contribution in [0.25, 0.3) is 0 Å². The number of aryl methyl sites for hydroxylation is 1. The summed E-state index contributed by atoms with van der Waals surface area (Å²) in [6.45, 7) is 8.29. The summed E-state index contributed by atoms with van der Waals surface area (Å²) in [5.74, 6) is -0.102. The van der Waals surface area contributed by atoms with Gasteiger partial charge in [-0.15, -0.1) is 0 Å². The van der Waals surface area contributed by atoms with E-state index in [1.54, 1.807) is 0 Å². The van der Waals surface area contributed by atoms with Crippen LogP contribution >= 0.6 is 0 Å². The number of nitrogens with zero attached hydrogens (tertiary/aromatic N) is 1. The van der Waals surface area contributed by atoms with Crippen LogP contribution in [0.1, 0.15) is 59.2 Å². The van der Waals surface area contributed by atoms with Crippen molar-refractivity contribution in [2.45, 2.75) is 45.6 Å². The first-order valence-corrected chi connectivity index (χ1v) is 7.32. The Hall–Kier alpha value is -2.10. The molecule has 0 radical (unpaired) electrons. The number of H-pyrrole nitrogens is 1. The smallest absolute Gasteiger partial charge is 0.272 e. The summed E-state index contributed by atoms with van der Waals surface area (Å²) in [6, 6.07) is 8.42. The summed E-state index contributed by atoms with van der Waals surface area (Å²) in [5.41, 5.74) is 4.98. The number of hydrogen-bond donors (Lipinski definition) is 2. The van der Waals surface area contributed by atoms with E-state index in [0.29, 0.717) is 5.69 Å². The van der Waals surface area contributed by atoms with Crippen molar-refractivity contribution in [1.29, 1.82) is 0 Å². The van der Waals surface area contributed by atoms with Gasteiger partial charge in [0.05, 0.1) is 6.04 Å². The molecule has 21 heavy (non-hydrogen) atoms. The van der Waals surface area contributed by atoms with Crippen LogP contribution < -0.4 is 5.32 Å². The van der Waals surface area contributed by atoms with E-state index in [9.17, 15) is 4.79 Å². The van der Waals surface area contributed by atoms with Gasteiger partial charge in [0.25, 0.3) is 5.91 Å². The van der Waals surface area contributed by atoms with E-state index < -0.39 is 0 Å². The van der Waals surface area contributed by atoms with E-state index in [-0.39, 0.29) is 17.4 Å². The van der Waals surface area contributed by atoms with Gasteiger partial charge in [-0.25, -0.2) is 0 Å². The lowest BCUT2D eigenvalue weighted by atomic mass is 9.86. The molecule has 1 aromatic heterocycles. The Morgan fingerprint density at radius 2 is 2.05 bits per heavy atom. The van der Waals surface area contributed by atoms with Crippen LogP contribution in [0.2, 0.25) is 0 Å². The average molecular weight is 283 g/mol. The summed E-state index contributed by atoms with van der Waals surface area (Å²) in [5, 5.41) is 10.1. The molecule has 0 saturated carbocycles. The van der Waals surface area contributed by atoms with Gasteiger partial charge in [-0.05, 0) is 36.8 Å². The molecule has 0 aliphatic heterocycles. The second-order valence-corrected chi connectivity index (χ2v) is 6.52. The van der Waals surface area contributed by atoms with Gasteiger partial charge in [-0.3, -0.25) is 9.89 Å². The van der Waals surface area contributed by atoms with Crippen molar-refractivity contribution in [1.82, 2.24) is 15.5 Å². The second-order valence-electron chi connectivity index (χ2n) is 6.52. The van der Waals surface area contributed by atoms with Crippen molar-refractivity contribution >= 4 is 5.91 Å². The van der Waals surface area contributed by atoms with Crippen LogP contribution in [-0.4, -0.2) is 16.1 Å². The number of rotatable bonds is 2. The number of aromatic amines is 1. The first-order valence-electron chi connectivity index (χ1n) is 7.32. The normalized spacial score (nSPS) is 19.3. The Morgan fingerprint density at radius 3 is 2.71 bits per heavy atom. The lowest BCUT2D eigenvalue weighted by Gasteiger charge is -2.19. The van der Waals surface area contributed by atoms with Gasteiger partial charge in [-0.1, -0.05) is 38.1 Å².